The molecule has 4 aromatic carbocycles. The van der Waals surface area contributed by atoms with E-state index in [2.05, 4.69) is 141 Å². The summed E-state index contributed by atoms with van der Waals surface area (Å²) in [5.41, 5.74) is 17.8. The molecule has 0 aliphatic rings. The number of pyridine rings is 6. The Morgan fingerprint density at radius 3 is 0.567 bits per heavy atom. The first-order valence-corrected chi connectivity index (χ1v) is 19.8. The first kappa shape index (κ1) is 36.1. The second kappa shape index (κ2) is 16.3. The molecular formula is C54H36N6. The lowest BCUT2D eigenvalue weighted by Crippen LogP contribution is -1.94. The lowest BCUT2D eigenvalue weighted by Gasteiger charge is -2.11. The Kier molecular flexibility index (Phi) is 9.84. The summed E-state index contributed by atoms with van der Waals surface area (Å²) < 4.78 is 0. The Morgan fingerprint density at radius 2 is 0.383 bits per heavy atom. The van der Waals surface area contributed by atoms with Crippen molar-refractivity contribution in [2.24, 2.45) is 0 Å². The van der Waals surface area contributed by atoms with Gasteiger partial charge in [0.25, 0.3) is 0 Å². The lowest BCUT2D eigenvalue weighted by atomic mass is 9.96. The zero-order chi connectivity index (χ0) is 40.1. The van der Waals surface area contributed by atoms with Crippen molar-refractivity contribution in [2.75, 3.05) is 0 Å². The minimum atomic E-state index is 0.812. The summed E-state index contributed by atoms with van der Waals surface area (Å²) in [6.07, 6.45) is 7.18. The zero-order valence-corrected chi connectivity index (χ0v) is 32.5. The van der Waals surface area contributed by atoms with E-state index in [4.69, 9.17) is 9.97 Å². The Bertz CT molecular complexity index is 2680. The maximum atomic E-state index is 4.92. The summed E-state index contributed by atoms with van der Waals surface area (Å²) in [5, 5.41) is 0. The number of aromatic nitrogens is 6. The highest BCUT2D eigenvalue weighted by atomic mass is 14.8. The van der Waals surface area contributed by atoms with Gasteiger partial charge in [-0.1, -0.05) is 121 Å². The molecule has 6 aromatic heterocycles. The molecule has 0 radical (unpaired) electrons. The molecule has 0 spiro atoms. The van der Waals surface area contributed by atoms with Crippen molar-refractivity contribution >= 4 is 0 Å². The molecule has 0 aliphatic carbocycles. The third-order valence-corrected chi connectivity index (χ3v) is 10.6. The van der Waals surface area contributed by atoms with Crippen molar-refractivity contribution < 1.29 is 0 Å². The van der Waals surface area contributed by atoms with Crippen LogP contribution in [0.4, 0.5) is 0 Å². The van der Waals surface area contributed by atoms with E-state index in [1.165, 1.54) is 11.1 Å². The Morgan fingerprint density at radius 1 is 0.183 bits per heavy atom. The van der Waals surface area contributed by atoms with E-state index >= 15 is 0 Å². The predicted octanol–water partition coefficient (Wildman–Crippen LogP) is 13.1. The fraction of sp³-hybridized carbons (Fsp3) is 0. The van der Waals surface area contributed by atoms with Gasteiger partial charge in [-0.25, -0.2) is 9.97 Å². The molecule has 0 unspecified atom stereocenters. The number of hydrogen-bond acceptors (Lipinski definition) is 6. The van der Waals surface area contributed by atoms with E-state index in [1.807, 2.05) is 72.8 Å². The van der Waals surface area contributed by atoms with Crippen LogP contribution < -0.4 is 0 Å². The van der Waals surface area contributed by atoms with E-state index in [1.54, 1.807) is 24.8 Å². The van der Waals surface area contributed by atoms with Crippen molar-refractivity contribution in [1.82, 2.24) is 29.9 Å². The average molecular weight is 769 g/mol. The minimum Gasteiger partial charge on any atom is -0.255 e. The number of benzene rings is 4. The van der Waals surface area contributed by atoms with E-state index in [-0.39, 0.29) is 0 Å². The van der Waals surface area contributed by atoms with Gasteiger partial charge in [0.2, 0.25) is 0 Å². The van der Waals surface area contributed by atoms with Crippen LogP contribution in [0.1, 0.15) is 0 Å². The van der Waals surface area contributed by atoms with Gasteiger partial charge < -0.3 is 0 Å². The molecule has 0 saturated carbocycles. The molecule has 6 heteroatoms. The van der Waals surface area contributed by atoms with Crippen LogP contribution in [-0.2, 0) is 0 Å². The monoisotopic (exact) mass is 768 g/mol. The predicted molar refractivity (Wildman–Crippen MR) is 242 cm³/mol. The molecule has 60 heavy (non-hydrogen) atoms. The topological polar surface area (TPSA) is 77.3 Å². The van der Waals surface area contributed by atoms with Crippen LogP contribution in [0.15, 0.2) is 219 Å². The average Bonchev–Trinajstić information content (AvgIpc) is 3.35. The fourth-order valence-electron chi connectivity index (χ4n) is 7.40. The fourth-order valence-corrected chi connectivity index (χ4v) is 7.40. The van der Waals surface area contributed by atoms with Crippen LogP contribution in [0.5, 0.6) is 0 Å². The van der Waals surface area contributed by atoms with Crippen LogP contribution in [0.25, 0.3) is 101 Å². The highest BCUT2D eigenvalue weighted by molar-refractivity contribution is 5.80. The van der Waals surface area contributed by atoms with Gasteiger partial charge in [0, 0.05) is 24.8 Å². The van der Waals surface area contributed by atoms with Crippen molar-refractivity contribution in [3.05, 3.63) is 219 Å². The molecule has 0 fully saturated rings. The SMILES string of the molecule is c1ccc(-c2cc(-c3ccc(-c4ccc(-c5ccc(-c6ccc(-c7cc(-c8ccccn8)nc(-c8ccccn8)c7)cc6)cc5)cc4)cc3)cc(-c3ccccn3)n2)nc1. The van der Waals surface area contributed by atoms with E-state index < -0.39 is 0 Å². The first-order chi connectivity index (χ1) is 29.7. The van der Waals surface area contributed by atoms with E-state index in [9.17, 15) is 0 Å². The second-order valence-corrected chi connectivity index (χ2v) is 14.4. The smallest absolute Gasteiger partial charge is 0.0900 e. The van der Waals surface area contributed by atoms with Crippen LogP contribution in [0.3, 0.4) is 0 Å². The number of rotatable bonds is 9. The summed E-state index contributed by atoms with van der Waals surface area (Å²) in [6.45, 7) is 0. The molecule has 0 atom stereocenters. The zero-order valence-electron chi connectivity index (χ0n) is 32.5. The number of nitrogens with zero attached hydrogens (tertiary/aromatic N) is 6. The molecule has 0 amide bonds. The van der Waals surface area contributed by atoms with Crippen LogP contribution in [0.2, 0.25) is 0 Å². The maximum Gasteiger partial charge on any atom is 0.0900 e. The molecule has 6 heterocycles. The Hall–Kier alpha value is -8.22. The van der Waals surface area contributed by atoms with Crippen molar-refractivity contribution in [2.45, 2.75) is 0 Å². The third kappa shape index (κ3) is 7.73. The standard InChI is InChI=1S/C54H36N6/c1-5-29-55-47(9-1)51-33-45(34-52(59-51)48-10-2-6-30-56-48)43-25-21-41(22-26-43)39-17-13-37(14-18-39)38-15-19-40(20-16-38)42-23-27-44(28-24-42)46-35-53(49-11-3-7-31-57-49)60-54(36-46)50-12-4-8-32-58-50/h1-36H. The highest BCUT2D eigenvalue weighted by Gasteiger charge is 2.13. The number of hydrogen-bond donors (Lipinski definition) is 0. The molecule has 6 nitrogen and oxygen atoms in total. The summed E-state index contributed by atoms with van der Waals surface area (Å²) in [5.74, 6) is 0. The van der Waals surface area contributed by atoms with Crippen LogP contribution in [-0.4, -0.2) is 29.9 Å². The largest absolute Gasteiger partial charge is 0.255 e. The van der Waals surface area contributed by atoms with Crippen molar-refractivity contribution in [3.63, 3.8) is 0 Å². The Balaban J connectivity index is 0.859. The lowest BCUT2D eigenvalue weighted by molar-refractivity contribution is 1.22. The van der Waals surface area contributed by atoms with Gasteiger partial charge in [0.05, 0.1) is 45.6 Å². The van der Waals surface area contributed by atoms with Gasteiger partial charge in [0.1, 0.15) is 0 Å². The highest BCUT2D eigenvalue weighted by Crippen LogP contribution is 2.34. The van der Waals surface area contributed by atoms with Crippen molar-refractivity contribution in [1.29, 1.82) is 0 Å². The van der Waals surface area contributed by atoms with Gasteiger partial charge >= 0.3 is 0 Å². The van der Waals surface area contributed by atoms with Gasteiger partial charge in [0.15, 0.2) is 0 Å². The van der Waals surface area contributed by atoms with Crippen LogP contribution >= 0.6 is 0 Å². The van der Waals surface area contributed by atoms with E-state index in [0.717, 1.165) is 90.1 Å². The Labute approximate surface area is 348 Å². The van der Waals surface area contributed by atoms with E-state index in [0.29, 0.717) is 0 Å². The normalized spacial score (nSPS) is 11.0. The summed E-state index contributed by atoms with van der Waals surface area (Å²) in [4.78, 5) is 28.1. The van der Waals surface area contributed by atoms with Gasteiger partial charge in [-0.3, -0.25) is 19.9 Å². The summed E-state index contributed by atoms with van der Waals surface area (Å²) in [7, 11) is 0. The molecule has 0 N–H and O–H groups in total. The van der Waals surface area contributed by atoms with Crippen LogP contribution in [0, 0.1) is 0 Å². The second-order valence-electron chi connectivity index (χ2n) is 14.4. The maximum absolute atomic E-state index is 4.92. The van der Waals surface area contributed by atoms with Gasteiger partial charge in [-0.05, 0) is 128 Å². The molecule has 10 rings (SSSR count). The molecule has 0 aliphatic heterocycles. The molecule has 0 saturated heterocycles. The molecule has 10 aromatic rings. The third-order valence-electron chi connectivity index (χ3n) is 10.6. The first-order valence-electron chi connectivity index (χ1n) is 19.8. The van der Waals surface area contributed by atoms with Gasteiger partial charge in [-0.2, -0.15) is 0 Å². The quantitative estimate of drug-likeness (QED) is 0.145. The minimum absolute atomic E-state index is 0.812. The summed E-state index contributed by atoms with van der Waals surface area (Å²) in [6, 6.07) is 66.9. The molecule has 282 valence electrons. The molecular weight excluding hydrogens is 733 g/mol. The van der Waals surface area contributed by atoms with Gasteiger partial charge in [-0.15, -0.1) is 0 Å². The van der Waals surface area contributed by atoms with Crippen molar-refractivity contribution in [3.8, 4) is 101 Å². The summed E-state index contributed by atoms with van der Waals surface area (Å²) >= 11 is 0. The molecule has 0 bridgehead atoms.